The van der Waals surface area contributed by atoms with Crippen molar-refractivity contribution in [3.05, 3.63) is 322 Å². The predicted molar refractivity (Wildman–Crippen MR) is 374 cm³/mol. The molecular weight excluding hydrogens is 1080 g/mol. The quantitative estimate of drug-likeness (QED) is 0.145. The van der Waals surface area contributed by atoms with Gasteiger partial charge >= 0.3 is 0 Å². The van der Waals surface area contributed by atoms with Crippen LogP contribution in [-0.2, 0) is 0 Å². The highest BCUT2D eigenvalue weighted by atomic mass is 15.1. The molecule has 0 radical (unpaired) electrons. The van der Waals surface area contributed by atoms with E-state index in [1.54, 1.807) is 0 Å². The van der Waals surface area contributed by atoms with Gasteiger partial charge in [0.15, 0.2) is 0 Å². The Morgan fingerprint density at radius 2 is 0.427 bits per heavy atom. The molecule has 0 N–H and O–H groups in total. The monoisotopic (exact) mass is 1130 g/mol. The first kappa shape index (κ1) is 49.4. The van der Waals surface area contributed by atoms with Crippen LogP contribution in [0.5, 0.6) is 0 Å². The molecule has 19 rings (SSSR count). The molecule has 0 aliphatic rings. The summed E-state index contributed by atoms with van der Waals surface area (Å²) >= 11 is 0. The van der Waals surface area contributed by atoms with Crippen molar-refractivity contribution in [2.45, 2.75) is 0 Å². The third-order valence-electron chi connectivity index (χ3n) is 18.8. The zero-order chi connectivity index (χ0) is 58.3. The van der Waals surface area contributed by atoms with E-state index in [9.17, 15) is 0 Å². The summed E-state index contributed by atoms with van der Waals surface area (Å²) in [5.74, 6) is 0. The van der Waals surface area contributed by atoms with Crippen molar-refractivity contribution in [2.75, 3.05) is 0 Å². The van der Waals surface area contributed by atoms with Crippen molar-refractivity contribution in [1.82, 2.24) is 22.8 Å². The predicted octanol–water partition coefficient (Wildman–Crippen LogP) is 22.2. The van der Waals surface area contributed by atoms with Gasteiger partial charge in [-0.3, -0.25) is 0 Å². The fraction of sp³-hybridized carbons (Fsp3) is 0. The molecule has 5 heterocycles. The van der Waals surface area contributed by atoms with E-state index < -0.39 is 0 Å². The van der Waals surface area contributed by atoms with E-state index in [0.29, 0.717) is 0 Å². The van der Waals surface area contributed by atoms with Gasteiger partial charge in [0.1, 0.15) is 0 Å². The molecule has 5 nitrogen and oxygen atoms in total. The number of rotatable bonds is 8. The maximum Gasteiger partial charge on any atom is 0.0788 e. The molecule has 0 aliphatic carbocycles. The molecule has 0 unspecified atom stereocenters. The van der Waals surface area contributed by atoms with E-state index in [1.165, 1.54) is 120 Å². The third kappa shape index (κ3) is 7.37. The molecule has 0 saturated carbocycles. The molecule has 5 heteroatoms. The fourth-order valence-corrected chi connectivity index (χ4v) is 15.0. The van der Waals surface area contributed by atoms with E-state index in [4.69, 9.17) is 0 Å². The van der Waals surface area contributed by atoms with Gasteiger partial charge in [0.25, 0.3) is 0 Å². The second kappa shape index (κ2) is 19.3. The largest absolute Gasteiger partial charge is 0.309 e. The summed E-state index contributed by atoms with van der Waals surface area (Å²) < 4.78 is 12.4. The second-order valence-electron chi connectivity index (χ2n) is 23.6. The topological polar surface area (TPSA) is 24.6 Å². The Morgan fingerprint density at radius 3 is 0.910 bits per heavy atom. The number of aromatic nitrogens is 5. The molecule has 19 aromatic rings. The minimum atomic E-state index is 1.11. The minimum absolute atomic E-state index is 1.11. The van der Waals surface area contributed by atoms with Gasteiger partial charge in [-0.1, -0.05) is 224 Å². The standard InChI is InChI=1S/C84H53N5/c1-4-20-54(21-5-1)57-22-18-28-62(50-57)87-77-36-16-12-32-67(77)71-45-46-72-68-33-13-17-37-78(68)88(83(72)82(71)87)63-29-19-23-58(51-63)55-38-40-56(41-39-55)59-42-49-79-74(52-59)73-48-47-70-66-31-11-15-35-76(66)86(61-26-8-3-9-27-61)81(70)84(73)89(79)64-43-44-69-65-30-10-14-34-75(65)85(80(69)53-64)60-24-6-2-7-25-60/h1-53H. The van der Waals surface area contributed by atoms with E-state index in [2.05, 4.69) is 344 Å². The maximum absolute atomic E-state index is 2.53. The van der Waals surface area contributed by atoms with Crippen molar-refractivity contribution in [2.24, 2.45) is 0 Å². The van der Waals surface area contributed by atoms with Crippen molar-refractivity contribution in [3.63, 3.8) is 0 Å². The summed E-state index contributed by atoms with van der Waals surface area (Å²) in [7, 11) is 0. The smallest absolute Gasteiger partial charge is 0.0788 e. The van der Waals surface area contributed by atoms with Gasteiger partial charge < -0.3 is 22.8 Å². The lowest BCUT2D eigenvalue weighted by Crippen LogP contribution is -1.99. The highest BCUT2D eigenvalue weighted by Crippen LogP contribution is 2.46. The van der Waals surface area contributed by atoms with Crippen LogP contribution >= 0.6 is 0 Å². The average molecular weight is 1130 g/mol. The summed E-state index contributed by atoms with van der Waals surface area (Å²) in [6.07, 6.45) is 0. The number of para-hydroxylation sites is 6. The molecule has 89 heavy (non-hydrogen) atoms. The Hall–Kier alpha value is -11.9. The van der Waals surface area contributed by atoms with Crippen molar-refractivity contribution < 1.29 is 0 Å². The summed E-state index contributed by atoms with van der Waals surface area (Å²) in [4.78, 5) is 0. The molecule has 414 valence electrons. The lowest BCUT2D eigenvalue weighted by molar-refractivity contribution is 1.14. The highest BCUT2D eigenvalue weighted by molar-refractivity contribution is 6.26. The van der Waals surface area contributed by atoms with E-state index >= 15 is 0 Å². The second-order valence-corrected chi connectivity index (χ2v) is 23.6. The average Bonchev–Trinajstić information content (AvgIpc) is 1.59. The van der Waals surface area contributed by atoms with Crippen LogP contribution in [0.2, 0.25) is 0 Å². The number of hydrogen-bond donors (Lipinski definition) is 0. The van der Waals surface area contributed by atoms with E-state index in [0.717, 1.165) is 50.6 Å². The van der Waals surface area contributed by atoms with Crippen LogP contribution in [0.4, 0.5) is 0 Å². The Morgan fingerprint density at radius 1 is 0.135 bits per heavy atom. The van der Waals surface area contributed by atoms with Crippen LogP contribution < -0.4 is 0 Å². The number of fused-ring (bicyclic) bond motifs is 17. The van der Waals surface area contributed by atoms with Crippen molar-refractivity contribution in [1.29, 1.82) is 0 Å². The first-order valence-electron chi connectivity index (χ1n) is 30.7. The summed E-state index contributed by atoms with van der Waals surface area (Å²) in [5, 5.41) is 12.2. The van der Waals surface area contributed by atoms with Gasteiger partial charge in [-0.25, -0.2) is 0 Å². The molecule has 0 atom stereocenters. The molecule has 0 fully saturated rings. The Labute approximate surface area is 512 Å². The Balaban J connectivity index is 0.774. The first-order valence-corrected chi connectivity index (χ1v) is 30.7. The summed E-state index contributed by atoms with van der Waals surface area (Å²) in [6.45, 7) is 0. The molecule has 14 aromatic carbocycles. The molecule has 0 spiro atoms. The van der Waals surface area contributed by atoms with Crippen LogP contribution in [-0.4, -0.2) is 22.8 Å². The molecule has 5 aromatic heterocycles. The van der Waals surface area contributed by atoms with Crippen molar-refractivity contribution in [3.8, 4) is 61.8 Å². The van der Waals surface area contributed by atoms with Crippen LogP contribution in [0.3, 0.4) is 0 Å². The van der Waals surface area contributed by atoms with Crippen LogP contribution in [0.15, 0.2) is 322 Å². The molecule has 0 bridgehead atoms. The zero-order valence-electron chi connectivity index (χ0n) is 48.3. The van der Waals surface area contributed by atoms with Gasteiger partial charge in [0.2, 0.25) is 0 Å². The van der Waals surface area contributed by atoms with Crippen LogP contribution in [0.1, 0.15) is 0 Å². The minimum Gasteiger partial charge on any atom is -0.309 e. The van der Waals surface area contributed by atoms with Crippen LogP contribution in [0.25, 0.3) is 171 Å². The Bertz CT molecular complexity index is 6070. The van der Waals surface area contributed by atoms with Gasteiger partial charge in [0.05, 0.1) is 55.2 Å². The van der Waals surface area contributed by atoms with Gasteiger partial charge in [-0.15, -0.1) is 0 Å². The highest BCUT2D eigenvalue weighted by Gasteiger charge is 2.25. The molecule has 0 amide bonds. The first-order chi connectivity index (χ1) is 44.2. The summed E-state index contributed by atoms with van der Waals surface area (Å²) in [5.41, 5.74) is 24.4. The SMILES string of the molecule is c1ccc(-c2cccc(-n3c4ccccc4c4ccc5c6ccccc6n(-c6cccc(-c7ccc(-c8ccc9c(c8)c8ccc%10c%11ccccc%11n(-c%11ccccc%11)c%10c8n9-c8ccc9c%10ccccc%10n(-c%10ccccc%10)c9c8)cc7)c6)c5c43)c2)cc1. The van der Waals surface area contributed by atoms with Crippen molar-refractivity contribution >= 4 is 109 Å². The lowest BCUT2D eigenvalue weighted by atomic mass is 9.98. The summed E-state index contributed by atoms with van der Waals surface area (Å²) in [6, 6.07) is 119. The zero-order valence-corrected chi connectivity index (χ0v) is 48.3. The maximum atomic E-state index is 2.53. The van der Waals surface area contributed by atoms with Gasteiger partial charge in [-0.05, 0) is 130 Å². The van der Waals surface area contributed by atoms with Crippen LogP contribution in [0, 0.1) is 0 Å². The van der Waals surface area contributed by atoms with Gasteiger partial charge in [-0.2, -0.15) is 0 Å². The third-order valence-corrected chi connectivity index (χ3v) is 18.8. The van der Waals surface area contributed by atoms with E-state index in [1.807, 2.05) is 0 Å². The fourth-order valence-electron chi connectivity index (χ4n) is 15.0. The Kier molecular flexibility index (Phi) is 10.7. The number of hydrogen-bond acceptors (Lipinski definition) is 0. The molecule has 0 saturated heterocycles. The number of nitrogens with zero attached hydrogens (tertiary/aromatic N) is 5. The number of benzene rings is 14. The lowest BCUT2D eigenvalue weighted by Gasteiger charge is -2.14. The normalized spacial score (nSPS) is 12.0. The molecular formula is C84H53N5. The van der Waals surface area contributed by atoms with E-state index in [-0.39, 0.29) is 0 Å². The van der Waals surface area contributed by atoms with Gasteiger partial charge in [0, 0.05) is 82.3 Å². The molecule has 0 aliphatic heterocycles.